The van der Waals surface area contributed by atoms with Crippen molar-refractivity contribution in [2.24, 2.45) is 0 Å². The lowest BCUT2D eigenvalue weighted by atomic mass is 10.1. The van der Waals surface area contributed by atoms with E-state index < -0.39 is 11.9 Å². The number of rotatable bonds is 9. The Kier molecular flexibility index (Phi) is 11.3. The molecule has 0 atom stereocenters. The van der Waals surface area contributed by atoms with Crippen LogP contribution in [0.15, 0.2) is 69.5 Å². The number of halogens is 5. The zero-order chi connectivity index (χ0) is 40.1. The van der Waals surface area contributed by atoms with E-state index in [9.17, 15) is 14.7 Å². The molecule has 2 fully saturated rings. The summed E-state index contributed by atoms with van der Waals surface area (Å²) >= 11 is 32.3. The highest BCUT2D eigenvalue weighted by Crippen LogP contribution is 2.38. The second-order valence-electron chi connectivity index (χ2n) is 14.4. The van der Waals surface area contributed by atoms with Crippen LogP contribution in [0.5, 0.6) is 5.75 Å². The van der Waals surface area contributed by atoms with Crippen molar-refractivity contribution in [1.82, 2.24) is 9.80 Å². The van der Waals surface area contributed by atoms with E-state index >= 15 is 0 Å². The fraction of sp³-hybridized carbons (Fsp3) is 0.286. The summed E-state index contributed by atoms with van der Waals surface area (Å²) in [5.74, 6) is -1.54. The fourth-order valence-electron chi connectivity index (χ4n) is 7.83. The second-order valence-corrected chi connectivity index (χ2v) is 16.4. The maximum Gasteiger partial charge on any atom is 0.379 e. The first-order valence-corrected chi connectivity index (χ1v) is 20.3. The Morgan fingerprint density at radius 1 is 0.649 bits per heavy atom. The van der Waals surface area contributed by atoms with Crippen molar-refractivity contribution in [2.45, 2.75) is 26.9 Å². The molecule has 0 saturated carbocycles. The van der Waals surface area contributed by atoms with E-state index in [1.807, 2.05) is 38.1 Å². The van der Waals surface area contributed by atoms with Gasteiger partial charge in [-0.05, 0) is 85.6 Å². The SMILES string of the molecule is Cc1c(N2CCN(Cc3cc(Cl)cc(Cl)c3OC(=O)c3cc4c(C)c(N5CCN(Cc6c(Cl)ccc(Cl)c6Cl)CC5)ccc4o3)CC2)ccc2oc(C(=O)O)cc12. The van der Waals surface area contributed by atoms with Gasteiger partial charge in [0, 0.05) is 109 Å². The van der Waals surface area contributed by atoms with Crippen molar-refractivity contribution < 1.29 is 28.3 Å². The van der Waals surface area contributed by atoms with Crippen molar-refractivity contribution in [3.63, 3.8) is 0 Å². The van der Waals surface area contributed by atoms with Gasteiger partial charge in [0.05, 0.1) is 15.1 Å². The van der Waals surface area contributed by atoms with Crippen LogP contribution in [0.25, 0.3) is 21.9 Å². The molecular weight excluding hydrogens is 834 g/mol. The van der Waals surface area contributed by atoms with Gasteiger partial charge < -0.3 is 28.5 Å². The topological polar surface area (TPSA) is 103 Å². The number of aromatic carboxylic acids is 1. The van der Waals surface area contributed by atoms with E-state index in [2.05, 4.69) is 19.6 Å². The van der Waals surface area contributed by atoms with Crippen LogP contribution in [0.1, 0.15) is 43.4 Å². The minimum atomic E-state index is -1.10. The first-order chi connectivity index (χ1) is 27.3. The second kappa shape index (κ2) is 16.3. The van der Waals surface area contributed by atoms with Crippen molar-refractivity contribution in [2.75, 3.05) is 62.2 Å². The standard InChI is InChI=1S/C42H37Cl5N4O6/c1-23-27-19-37(41(52)53)55-35(27)7-5-33(23)50-13-9-48(10-14-50)21-25-17-26(43)18-32(46)40(25)57-42(54)38-20-28-24(2)34(6-8-36(28)56-38)51-15-11-49(12-16-51)22-29-30(44)3-4-31(45)39(29)47/h3-8,17-20H,9-16,21-22H2,1-2H3,(H,52,53). The molecule has 0 aliphatic carbocycles. The average molecular weight is 871 g/mol. The molecule has 0 unspecified atom stereocenters. The Labute approximate surface area is 353 Å². The average Bonchev–Trinajstić information content (AvgIpc) is 3.84. The molecule has 0 bridgehead atoms. The Balaban J connectivity index is 0.928. The Hall–Kier alpha value is -4.13. The predicted octanol–water partition coefficient (Wildman–Crippen LogP) is 10.6. The van der Waals surface area contributed by atoms with E-state index in [4.69, 9.17) is 71.6 Å². The molecule has 4 heterocycles. The third-order valence-corrected chi connectivity index (χ3v) is 12.6. The Morgan fingerprint density at radius 2 is 1.18 bits per heavy atom. The first kappa shape index (κ1) is 39.7. The van der Waals surface area contributed by atoms with Crippen LogP contribution < -0.4 is 14.5 Å². The molecule has 0 amide bonds. The summed E-state index contributed by atoms with van der Waals surface area (Å²) in [6.07, 6.45) is 0. The number of carbonyl (C=O) groups is 2. The molecule has 8 rings (SSSR count). The van der Waals surface area contributed by atoms with Gasteiger partial charge in [0.2, 0.25) is 11.5 Å². The minimum absolute atomic E-state index is 0.0661. The smallest absolute Gasteiger partial charge is 0.379 e. The van der Waals surface area contributed by atoms with Crippen molar-refractivity contribution in [3.05, 3.63) is 120 Å². The number of ether oxygens (including phenoxy) is 1. The van der Waals surface area contributed by atoms with E-state index in [0.717, 1.165) is 78.1 Å². The number of hydrogen-bond acceptors (Lipinski definition) is 9. The van der Waals surface area contributed by atoms with Crippen LogP contribution in [0, 0.1) is 13.8 Å². The van der Waals surface area contributed by atoms with Gasteiger partial charge in [0.15, 0.2) is 5.75 Å². The predicted molar refractivity (Wildman–Crippen MR) is 227 cm³/mol. The molecule has 0 spiro atoms. The summed E-state index contributed by atoms with van der Waals surface area (Å²) < 4.78 is 17.5. The molecule has 0 radical (unpaired) electrons. The third-order valence-electron chi connectivity index (χ3n) is 10.9. The van der Waals surface area contributed by atoms with Crippen LogP contribution in [0.2, 0.25) is 25.1 Å². The zero-order valence-electron chi connectivity index (χ0n) is 31.0. The number of aryl methyl sites for hydroxylation is 2. The first-order valence-electron chi connectivity index (χ1n) is 18.4. The number of esters is 1. The number of furan rings is 2. The lowest BCUT2D eigenvalue weighted by molar-refractivity contribution is 0.0662. The minimum Gasteiger partial charge on any atom is -0.475 e. The van der Waals surface area contributed by atoms with Crippen LogP contribution >= 0.6 is 58.0 Å². The highest BCUT2D eigenvalue weighted by molar-refractivity contribution is 6.44. The summed E-state index contributed by atoms with van der Waals surface area (Å²) in [5.41, 5.74) is 6.69. The summed E-state index contributed by atoms with van der Waals surface area (Å²) in [6, 6.07) is 17.8. The molecule has 15 heteroatoms. The van der Waals surface area contributed by atoms with Crippen LogP contribution in [-0.2, 0) is 13.1 Å². The monoisotopic (exact) mass is 868 g/mol. The normalized spacial score (nSPS) is 15.6. The molecule has 6 aromatic rings. The van der Waals surface area contributed by atoms with E-state index in [1.54, 1.807) is 36.4 Å². The summed E-state index contributed by atoms with van der Waals surface area (Å²) in [7, 11) is 0. The van der Waals surface area contributed by atoms with Crippen LogP contribution in [0.4, 0.5) is 11.4 Å². The van der Waals surface area contributed by atoms with Gasteiger partial charge in [-0.25, -0.2) is 9.59 Å². The number of hydrogen-bond donors (Lipinski definition) is 1. The van der Waals surface area contributed by atoms with Gasteiger partial charge in [0.25, 0.3) is 0 Å². The molecule has 2 aromatic heterocycles. The Morgan fingerprint density at radius 3 is 1.75 bits per heavy atom. The van der Waals surface area contributed by atoms with Crippen molar-refractivity contribution in [3.8, 4) is 5.75 Å². The van der Waals surface area contributed by atoms with Gasteiger partial charge >= 0.3 is 11.9 Å². The zero-order valence-corrected chi connectivity index (χ0v) is 34.8. The summed E-state index contributed by atoms with van der Waals surface area (Å²) in [4.78, 5) is 34.3. The molecule has 57 heavy (non-hydrogen) atoms. The molecule has 296 valence electrons. The number of carboxylic acid groups (broad SMARTS) is 1. The number of carbonyl (C=O) groups excluding carboxylic acids is 1. The molecule has 10 nitrogen and oxygen atoms in total. The van der Waals surface area contributed by atoms with E-state index in [0.29, 0.717) is 63.0 Å². The number of piperazine rings is 2. The molecule has 2 saturated heterocycles. The fourth-order valence-corrected chi connectivity index (χ4v) is 9.07. The maximum atomic E-state index is 13.7. The number of fused-ring (bicyclic) bond motifs is 2. The largest absolute Gasteiger partial charge is 0.475 e. The highest BCUT2D eigenvalue weighted by Gasteiger charge is 2.27. The molecule has 1 N–H and O–H groups in total. The number of nitrogens with zero attached hydrogens (tertiary/aromatic N) is 4. The van der Waals surface area contributed by atoms with Crippen LogP contribution in [-0.4, -0.2) is 79.2 Å². The molecular formula is C42H37Cl5N4O6. The lowest BCUT2D eigenvalue weighted by Crippen LogP contribution is -2.46. The van der Waals surface area contributed by atoms with Gasteiger partial charge in [-0.2, -0.15) is 0 Å². The van der Waals surface area contributed by atoms with Gasteiger partial charge in [-0.3, -0.25) is 9.80 Å². The van der Waals surface area contributed by atoms with Gasteiger partial charge in [0.1, 0.15) is 11.2 Å². The van der Waals surface area contributed by atoms with E-state index in [-0.39, 0.29) is 22.3 Å². The Bertz CT molecular complexity index is 2540. The molecule has 2 aliphatic heterocycles. The summed E-state index contributed by atoms with van der Waals surface area (Å²) in [5, 5.41) is 13.2. The quantitative estimate of drug-likeness (QED) is 0.0858. The molecule has 4 aromatic carbocycles. The third kappa shape index (κ3) is 8.01. The van der Waals surface area contributed by atoms with Gasteiger partial charge in [-0.1, -0.05) is 58.0 Å². The van der Waals surface area contributed by atoms with Gasteiger partial charge in [-0.15, -0.1) is 0 Å². The number of carboxylic acids is 1. The van der Waals surface area contributed by atoms with Crippen molar-refractivity contribution >= 4 is 103 Å². The maximum absolute atomic E-state index is 13.7. The van der Waals surface area contributed by atoms with Crippen molar-refractivity contribution in [1.29, 1.82) is 0 Å². The summed E-state index contributed by atoms with van der Waals surface area (Å²) in [6.45, 7) is 11.1. The highest BCUT2D eigenvalue weighted by atomic mass is 35.5. The van der Waals surface area contributed by atoms with E-state index in [1.165, 1.54) is 0 Å². The number of benzene rings is 4. The number of anilines is 2. The molecule has 2 aliphatic rings. The lowest BCUT2D eigenvalue weighted by Gasteiger charge is -2.37. The van der Waals surface area contributed by atoms with Crippen LogP contribution in [0.3, 0.4) is 0 Å².